The molecule has 1 nitrogen and oxygen atoms in total. The Morgan fingerprint density at radius 1 is 0.889 bits per heavy atom. The molecule has 0 spiro atoms. The van der Waals surface area contributed by atoms with Gasteiger partial charge < -0.3 is 4.23 Å². The van der Waals surface area contributed by atoms with Gasteiger partial charge in [-0.3, -0.25) is 0 Å². The lowest BCUT2D eigenvalue weighted by molar-refractivity contribution is 0.648. The lowest BCUT2D eigenvalue weighted by Crippen LogP contribution is -2.58. The molecule has 0 aliphatic carbocycles. The number of allylic oxidation sites excluding steroid dienone is 2. The Hall–Kier alpha value is -0.0262. The molecule has 0 heterocycles. The van der Waals surface area contributed by atoms with Crippen molar-refractivity contribution < 1.29 is 0 Å². The van der Waals surface area contributed by atoms with Crippen molar-refractivity contribution in [2.45, 2.75) is 85.2 Å². The summed E-state index contributed by atoms with van der Waals surface area (Å²) in [7, 11) is -2.52. The summed E-state index contributed by atoms with van der Waals surface area (Å²) in [5.41, 5.74) is 1.66. The van der Waals surface area contributed by atoms with Crippen LogP contribution in [0, 0.1) is 0 Å². The maximum atomic E-state index is 2.89. The van der Waals surface area contributed by atoms with E-state index in [1.165, 1.54) is 32.1 Å². The zero-order valence-electron chi connectivity index (χ0n) is 14.1. The van der Waals surface area contributed by atoms with E-state index in [1.807, 2.05) is 0 Å². The summed E-state index contributed by atoms with van der Waals surface area (Å²) in [5.74, 6) is 0. The van der Waals surface area contributed by atoms with E-state index in [-0.39, 0.29) is 0 Å². The van der Waals surface area contributed by atoms with Crippen molar-refractivity contribution in [1.82, 2.24) is 4.23 Å². The average Bonchev–Trinajstić information content (AvgIpc) is 2.17. The second-order valence-electron chi connectivity index (χ2n) is 7.26. The van der Waals surface area contributed by atoms with Gasteiger partial charge in [0, 0.05) is 0 Å². The van der Waals surface area contributed by atoms with Crippen LogP contribution < -0.4 is 0 Å². The van der Waals surface area contributed by atoms with Crippen LogP contribution in [0.1, 0.15) is 46.0 Å². The van der Waals surface area contributed by atoms with Crippen molar-refractivity contribution >= 4 is 16.5 Å². The minimum Gasteiger partial charge on any atom is -0.428 e. The largest absolute Gasteiger partial charge is 0.428 e. The quantitative estimate of drug-likeness (QED) is 0.507. The van der Waals surface area contributed by atoms with Crippen molar-refractivity contribution in [3.05, 3.63) is 11.8 Å². The predicted molar refractivity (Wildman–Crippen MR) is 91.0 cm³/mol. The summed E-state index contributed by atoms with van der Waals surface area (Å²) in [6, 6.07) is 0. The van der Waals surface area contributed by atoms with Gasteiger partial charge in [-0.05, 0) is 25.0 Å². The highest BCUT2D eigenvalue weighted by atomic mass is 28.4. The van der Waals surface area contributed by atoms with Gasteiger partial charge >= 0.3 is 0 Å². The molecule has 0 aromatic heterocycles. The minimum atomic E-state index is -1.26. The van der Waals surface area contributed by atoms with E-state index in [9.17, 15) is 0 Å². The van der Waals surface area contributed by atoms with E-state index in [0.717, 1.165) is 0 Å². The van der Waals surface area contributed by atoms with Gasteiger partial charge in [-0.15, -0.1) is 0 Å². The smallest absolute Gasteiger partial charge is 0.138 e. The number of rotatable bonds is 8. The molecule has 0 saturated heterocycles. The average molecular weight is 286 g/mol. The standard InChI is InChI=1S/C15H35NSi2/c1-9-11-13-15(14-12-10-2)16(17(3,4)5)18(6,7)8/h13H,9-12,14H2,1-8H3/b15-13+. The van der Waals surface area contributed by atoms with E-state index in [0.29, 0.717) is 0 Å². The fourth-order valence-corrected chi connectivity index (χ4v) is 13.0. The van der Waals surface area contributed by atoms with Gasteiger partial charge in [0.1, 0.15) is 16.5 Å². The second-order valence-corrected chi connectivity index (χ2v) is 17.3. The molecule has 0 aromatic carbocycles. The molecule has 0 aliphatic rings. The van der Waals surface area contributed by atoms with Crippen LogP contribution in [0.4, 0.5) is 0 Å². The van der Waals surface area contributed by atoms with E-state index in [2.05, 4.69) is 63.4 Å². The van der Waals surface area contributed by atoms with E-state index < -0.39 is 16.5 Å². The predicted octanol–water partition coefficient (Wildman–Crippen LogP) is 5.83. The van der Waals surface area contributed by atoms with Crippen LogP contribution in [0.5, 0.6) is 0 Å². The fraction of sp³-hybridized carbons (Fsp3) is 0.867. The zero-order valence-corrected chi connectivity index (χ0v) is 16.1. The van der Waals surface area contributed by atoms with Crippen molar-refractivity contribution in [1.29, 1.82) is 0 Å². The third-order valence-corrected chi connectivity index (χ3v) is 10.4. The van der Waals surface area contributed by atoms with Crippen LogP contribution >= 0.6 is 0 Å². The Bertz CT molecular complexity index is 245. The lowest BCUT2D eigenvalue weighted by Gasteiger charge is -2.47. The van der Waals surface area contributed by atoms with Gasteiger partial charge in [0.05, 0.1) is 0 Å². The summed E-state index contributed by atoms with van der Waals surface area (Å²) >= 11 is 0. The zero-order chi connectivity index (χ0) is 14.4. The molecule has 0 radical (unpaired) electrons. The van der Waals surface area contributed by atoms with Crippen molar-refractivity contribution in [3.63, 3.8) is 0 Å². The van der Waals surface area contributed by atoms with Crippen LogP contribution in [-0.4, -0.2) is 20.7 Å². The molecule has 108 valence electrons. The summed E-state index contributed by atoms with van der Waals surface area (Å²) < 4.78 is 2.89. The molecule has 0 aromatic rings. The lowest BCUT2D eigenvalue weighted by atomic mass is 10.2. The molecule has 0 aliphatic heterocycles. The fourth-order valence-electron chi connectivity index (χ4n) is 2.84. The van der Waals surface area contributed by atoms with Gasteiger partial charge in [-0.25, -0.2) is 0 Å². The van der Waals surface area contributed by atoms with Crippen LogP contribution in [0.15, 0.2) is 11.8 Å². The van der Waals surface area contributed by atoms with Gasteiger partial charge in [-0.2, -0.15) is 0 Å². The maximum absolute atomic E-state index is 2.89. The molecule has 0 fully saturated rings. The monoisotopic (exact) mass is 285 g/mol. The maximum Gasteiger partial charge on any atom is 0.138 e. The van der Waals surface area contributed by atoms with E-state index >= 15 is 0 Å². The van der Waals surface area contributed by atoms with Gasteiger partial charge in [-0.1, -0.05) is 72.0 Å². The SMILES string of the molecule is CCC/C=C(\CCCC)N([Si](C)(C)C)[Si](C)(C)C. The Balaban J connectivity index is 5.22. The summed E-state index contributed by atoms with van der Waals surface area (Å²) in [6.45, 7) is 19.6. The van der Waals surface area contributed by atoms with Gasteiger partial charge in [0.2, 0.25) is 0 Å². The van der Waals surface area contributed by atoms with Gasteiger partial charge in [0.15, 0.2) is 0 Å². The van der Waals surface area contributed by atoms with Crippen LogP contribution in [0.2, 0.25) is 39.3 Å². The first-order valence-electron chi connectivity index (χ1n) is 7.64. The number of unbranched alkanes of at least 4 members (excludes halogenated alkanes) is 2. The second kappa shape index (κ2) is 7.54. The molecule has 0 unspecified atom stereocenters. The highest BCUT2D eigenvalue weighted by molar-refractivity contribution is 6.90. The Labute approximate surface area is 118 Å². The Morgan fingerprint density at radius 3 is 1.72 bits per heavy atom. The third-order valence-electron chi connectivity index (χ3n) is 3.08. The van der Waals surface area contributed by atoms with Crippen LogP contribution in [0.3, 0.4) is 0 Å². The topological polar surface area (TPSA) is 3.24 Å². The molecule has 0 amide bonds. The summed E-state index contributed by atoms with van der Waals surface area (Å²) in [4.78, 5) is 0. The molecule has 3 heteroatoms. The number of nitrogens with zero attached hydrogens (tertiary/aromatic N) is 1. The minimum absolute atomic E-state index is 1.24. The summed E-state index contributed by atoms with van der Waals surface area (Å²) in [6.07, 6.45) is 8.96. The van der Waals surface area contributed by atoms with Crippen molar-refractivity contribution in [2.24, 2.45) is 0 Å². The highest BCUT2D eigenvalue weighted by Crippen LogP contribution is 2.28. The van der Waals surface area contributed by atoms with Crippen molar-refractivity contribution in [2.75, 3.05) is 0 Å². The molecule has 18 heavy (non-hydrogen) atoms. The first-order chi connectivity index (χ1) is 8.14. The number of hydrogen-bond donors (Lipinski definition) is 0. The Morgan fingerprint density at radius 2 is 1.39 bits per heavy atom. The first kappa shape index (κ1) is 18.0. The molecule has 0 N–H and O–H groups in total. The summed E-state index contributed by atoms with van der Waals surface area (Å²) in [5, 5.41) is 0. The van der Waals surface area contributed by atoms with E-state index in [4.69, 9.17) is 0 Å². The Kier molecular flexibility index (Phi) is 7.52. The molecule has 0 atom stereocenters. The third kappa shape index (κ3) is 6.23. The molecular weight excluding hydrogens is 250 g/mol. The molecule has 0 rings (SSSR count). The normalized spacial score (nSPS) is 13.9. The first-order valence-corrected chi connectivity index (χ1v) is 14.5. The van der Waals surface area contributed by atoms with Crippen molar-refractivity contribution in [3.8, 4) is 0 Å². The van der Waals surface area contributed by atoms with Crippen LogP contribution in [0.25, 0.3) is 0 Å². The van der Waals surface area contributed by atoms with Gasteiger partial charge in [0.25, 0.3) is 0 Å². The molecule has 0 bridgehead atoms. The van der Waals surface area contributed by atoms with Crippen LogP contribution in [-0.2, 0) is 0 Å². The van der Waals surface area contributed by atoms with E-state index in [1.54, 1.807) is 5.70 Å². The highest BCUT2D eigenvalue weighted by Gasteiger charge is 2.35. The molecular formula is C15H35NSi2. The number of hydrogen-bond acceptors (Lipinski definition) is 1. The molecule has 0 saturated carbocycles.